The second-order valence-electron chi connectivity index (χ2n) is 5.68. The molecule has 2 atom stereocenters. The van der Waals surface area contributed by atoms with E-state index in [9.17, 15) is 0 Å². The number of hydrogen-bond acceptors (Lipinski definition) is 2. The third-order valence-electron chi connectivity index (χ3n) is 4.56. The predicted octanol–water partition coefficient (Wildman–Crippen LogP) is 2.88. The average molecular weight is 256 g/mol. The van der Waals surface area contributed by atoms with Crippen molar-refractivity contribution in [3.8, 4) is 0 Å². The third kappa shape index (κ3) is 1.65. The number of rotatable bonds is 2. The molecular weight excluding hydrogens is 236 g/mol. The van der Waals surface area contributed by atoms with Gasteiger partial charge in [-0.05, 0) is 36.6 Å². The number of benzene rings is 1. The number of aromatic nitrogens is 1. The first-order valence-electron chi connectivity index (χ1n) is 7.33. The number of H-pyrrole nitrogens is 1. The molecule has 0 amide bonds. The molecule has 100 valence electrons. The Balaban J connectivity index is 1.81. The minimum atomic E-state index is 0.257. The summed E-state index contributed by atoms with van der Waals surface area (Å²) >= 11 is 0. The Morgan fingerprint density at radius 3 is 3.26 bits per heavy atom. The Bertz CT molecular complexity index is 602. The van der Waals surface area contributed by atoms with Gasteiger partial charge in [-0.3, -0.25) is 4.90 Å². The zero-order valence-corrected chi connectivity index (χ0v) is 11.4. The van der Waals surface area contributed by atoms with Crippen molar-refractivity contribution in [3.05, 3.63) is 35.5 Å². The zero-order valence-electron chi connectivity index (χ0n) is 11.4. The van der Waals surface area contributed by atoms with Crippen molar-refractivity contribution in [2.24, 2.45) is 0 Å². The van der Waals surface area contributed by atoms with Crippen LogP contribution in [-0.2, 0) is 11.2 Å². The molecule has 1 aromatic carbocycles. The van der Waals surface area contributed by atoms with Gasteiger partial charge in [0.1, 0.15) is 0 Å². The second kappa shape index (κ2) is 4.36. The Hall–Kier alpha value is -1.32. The summed E-state index contributed by atoms with van der Waals surface area (Å²) < 4.78 is 6.12. The Morgan fingerprint density at radius 2 is 2.37 bits per heavy atom. The van der Waals surface area contributed by atoms with E-state index in [-0.39, 0.29) is 6.10 Å². The van der Waals surface area contributed by atoms with Crippen LogP contribution in [0.3, 0.4) is 0 Å². The summed E-state index contributed by atoms with van der Waals surface area (Å²) in [4.78, 5) is 6.02. The largest absolute Gasteiger partial charge is 0.371 e. The average Bonchev–Trinajstić information content (AvgIpc) is 2.85. The first-order valence-corrected chi connectivity index (χ1v) is 7.33. The van der Waals surface area contributed by atoms with Gasteiger partial charge in [0.15, 0.2) is 0 Å². The number of nitrogens with one attached hydrogen (secondary N) is 1. The SMILES string of the molecule is CCCN1CCOC2c3cccc4[nH]cc(c34)CC21. The second-order valence-corrected chi connectivity index (χ2v) is 5.68. The molecule has 0 bridgehead atoms. The van der Waals surface area contributed by atoms with Gasteiger partial charge < -0.3 is 9.72 Å². The van der Waals surface area contributed by atoms with Crippen LogP contribution in [0.1, 0.15) is 30.6 Å². The number of nitrogens with zero attached hydrogens (tertiary/aromatic N) is 1. The monoisotopic (exact) mass is 256 g/mol. The summed E-state index contributed by atoms with van der Waals surface area (Å²) in [5.41, 5.74) is 4.09. The summed E-state index contributed by atoms with van der Waals surface area (Å²) in [5, 5.41) is 1.40. The number of hydrogen-bond donors (Lipinski definition) is 1. The van der Waals surface area contributed by atoms with Crippen molar-refractivity contribution in [2.75, 3.05) is 19.7 Å². The molecule has 0 saturated carbocycles. The predicted molar refractivity (Wildman–Crippen MR) is 76.3 cm³/mol. The summed E-state index contributed by atoms with van der Waals surface area (Å²) in [7, 11) is 0. The van der Waals surface area contributed by atoms with Gasteiger partial charge in [-0.2, -0.15) is 0 Å². The van der Waals surface area contributed by atoms with E-state index in [0.29, 0.717) is 6.04 Å². The first kappa shape index (κ1) is 11.5. The molecule has 1 aliphatic carbocycles. The molecule has 1 fully saturated rings. The highest BCUT2D eigenvalue weighted by Crippen LogP contribution is 2.40. The molecule has 3 heteroatoms. The standard InChI is InChI=1S/C16H20N2O/c1-2-6-18-7-8-19-16-12-4-3-5-13-15(12)11(10-17-13)9-14(16)18/h3-5,10,14,16-17H,2,6-9H2,1H3. The molecule has 2 aromatic rings. The highest BCUT2D eigenvalue weighted by Gasteiger charge is 2.37. The van der Waals surface area contributed by atoms with E-state index in [2.05, 4.69) is 41.2 Å². The van der Waals surface area contributed by atoms with E-state index in [0.717, 1.165) is 19.6 Å². The molecule has 0 spiro atoms. The van der Waals surface area contributed by atoms with Crippen LogP contribution in [0.25, 0.3) is 10.9 Å². The van der Waals surface area contributed by atoms with Gasteiger partial charge in [-0.25, -0.2) is 0 Å². The number of morpholine rings is 1. The quantitative estimate of drug-likeness (QED) is 0.895. The fourth-order valence-electron chi connectivity index (χ4n) is 3.77. The van der Waals surface area contributed by atoms with Crippen molar-refractivity contribution in [1.29, 1.82) is 0 Å². The van der Waals surface area contributed by atoms with Crippen LogP contribution in [0.5, 0.6) is 0 Å². The third-order valence-corrected chi connectivity index (χ3v) is 4.56. The summed E-state index contributed by atoms with van der Waals surface area (Å²) in [5.74, 6) is 0. The van der Waals surface area contributed by atoms with E-state index >= 15 is 0 Å². The van der Waals surface area contributed by atoms with Crippen molar-refractivity contribution >= 4 is 10.9 Å². The van der Waals surface area contributed by atoms with Crippen LogP contribution in [0.15, 0.2) is 24.4 Å². The van der Waals surface area contributed by atoms with E-state index in [4.69, 9.17) is 4.74 Å². The van der Waals surface area contributed by atoms with Crippen LogP contribution in [0.4, 0.5) is 0 Å². The minimum Gasteiger partial charge on any atom is -0.371 e. The fourth-order valence-corrected chi connectivity index (χ4v) is 3.77. The smallest absolute Gasteiger partial charge is 0.0990 e. The van der Waals surface area contributed by atoms with E-state index in [1.807, 2.05) is 0 Å². The highest BCUT2D eigenvalue weighted by molar-refractivity contribution is 5.88. The maximum Gasteiger partial charge on any atom is 0.0990 e. The molecule has 2 heterocycles. The maximum absolute atomic E-state index is 6.12. The van der Waals surface area contributed by atoms with Crippen molar-refractivity contribution in [3.63, 3.8) is 0 Å². The molecule has 4 rings (SSSR count). The molecule has 19 heavy (non-hydrogen) atoms. The van der Waals surface area contributed by atoms with Gasteiger partial charge >= 0.3 is 0 Å². The van der Waals surface area contributed by atoms with E-state index in [1.54, 1.807) is 0 Å². The van der Waals surface area contributed by atoms with E-state index in [1.165, 1.54) is 35.0 Å². The van der Waals surface area contributed by atoms with Gasteiger partial charge in [0.05, 0.1) is 12.7 Å². The Morgan fingerprint density at radius 1 is 1.42 bits per heavy atom. The number of aromatic amines is 1. The molecule has 2 aliphatic rings. The molecule has 1 aliphatic heterocycles. The first-order chi connectivity index (χ1) is 9.38. The van der Waals surface area contributed by atoms with Gasteiger partial charge in [-0.15, -0.1) is 0 Å². The lowest BCUT2D eigenvalue weighted by molar-refractivity contribution is -0.0739. The molecule has 2 unspecified atom stereocenters. The van der Waals surface area contributed by atoms with Gasteiger partial charge in [0.2, 0.25) is 0 Å². The number of ether oxygens (including phenoxy) is 1. The highest BCUT2D eigenvalue weighted by atomic mass is 16.5. The zero-order chi connectivity index (χ0) is 12.8. The van der Waals surface area contributed by atoms with Crippen LogP contribution >= 0.6 is 0 Å². The van der Waals surface area contributed by atoms with Crippen LogP contribution < -0.4 is 0 Å². The van der Waals surface area contributed by atoms with Crippen molar-refractivity contribution < 1.29 is 4.74 Å². The Kier molecular flexibility index (Phi) is 2.64. The normalized spacial score (nSPS) is 26.6. The van der Waals surface area contributed by atoms with Crippen molar-refractivity contribution in [2.45, 2.75) is 31.9 Å². The molecular formula is C16H20N2O. The van der Waals surface area contributed by atoms with Gasteiger partial charge in [0, 0.05) is 29.7 Å². The molecule has 3 nitrogen and oxygen atoms in total. The summed E-state index contributed by atoms with van der Waals surface area (Å²) in [6.45, 7) is 5.37. The van der Waals surface area contributed by atoms with E-state index < -0.39 is 0 Å². The minimum absolute atomic E-state index is 0.257. The maximum atomic E-state index is 6.12. The fraction of sp³-hybridized carbons (Fsp3) is 0.500. The van der Waals surface area contributed by atoms with Crippen LogP contribution in [-0.4, -0.2) is 35.6 Å². The van der Waals surface area contributed by atoms with Crippen LogP contribution in [0.2, 0.25) is 0 Å². The lowest BCUT2D eigenvalue weighted by Crippen LogP contribution is -2.49. The van der Waals surface area contributed by atoms with Crippen LogP contribution in [0, 0.1) is 0 Å². The van der Waals surface area contributed by atoms with Gasteiger partial charge in [0.25, 0.3) is 0 Å². The lowest BCUT2D eigenvalue weighted by atomic mass is 9.85. The molecule has 1 N–H and O–H groups in total. The molecule has 1 saturated heterocycles. The Labute approximate surface area is 113 Å². The summed E-state index contributed by atoms with van der Waals surface area (Å²) in [6, 6.07) is 7.06. The molecule has 1 aromatic heterocycles. The lowest BCUT2D eigenvalue weighted by Gasteiger charge is -2.43. The topological polar surface area (TPSA) is 28.3 Å². The van der Waals surface area contributed by atoms with Crippen molar-refractivity contribution in [1.82, 2.24) is 9.88 Å². The molecule has 0 radical (unpaired) electrons. The van der Waals surface area contributed by atoms with Gasteiger partial charge in [-0.1, -0.05) is 19.1 Å². The summed E-state index contributed by atoms with van der Waals surface area (Å²) in [6.07, 6.45) is 4.77. The number of fused-ring (bicyclic) bond motifs is 2.